The van der Waals surface area contributed by atoms with Gasteiger partial charge >= 0.3 is 5.97 Å². The molecule has 0 spiro atoms. The van der Waals surface area contributed by atoms with E-state index >= 15 is 0 Å². The van der Waals surface area contributed by atoms with Crippen LogP contribution in [0.25, 0.3) is 0 Å². The molecule has 0 saturated heterocycles. The highest BCUT2D eigenvalue weighted by atomic mass is 16.5. The quantitative estimate of drug-likeness (QED) is 0.818. The lowest BCUT2D eigenvalue weighted by Crippen LogP contribution is -2.52. The molecule has 0 unspecified atom stereocenters. The van der Waals surface area contributed by atoms with Crippen molar-refractivity contribution in [3.05, 3.63) is 11.8 Å². The lowest BCUT2D eigenvalue weighted by Gasteiger charge is -2.38. The van der Waals surface area contributed by atoms with Crippen molar-refractivity contribution in [1.82, 2.24) is 9.97 Å². The molecule has 0 aromatic carbocycles. The summed E-state index contributed by atoms with van der Waals surface area (Å²) in [5.74, 6) is -0.114. The summed E-state index contributed by atoms with van der Waals surface area (Å²) in [7, 11) is 1.52. The van der Waals surface area contributed by atoms with Crippen LogP contribution in [-0.2, 0) is 4.79 Å². The van der Waals surface area contributed by atoms with Crippen LogP contribution in [0.2, 0.25) is 0 Å². The zero-order chi connectivity index (χ0) is 12.5. The predicted octanol–water partition coefficient (Wildman–Crippen LogP) is 1.21. The molecule has 2 rings (SSSR count). The summed E-state index contributed by atoms with van der Waals surface area (Å²) in [4.78, 5) is 19.5. The largest absolute Gasteiger partial charge is 0.481 e. The average molecular weight is 237 g/mol. The van der Waals surface area contributed by atoms with Crippen LogP contribution in [0.3, 0.4) is 0 Å². The first-order valence-corrected chi connectivity index (χ1v) is 5.47. The first kappa shape index (κ1) is 11.6. The maximum Gasteiger partial charge on any atom is 0.329 e. The van der Waals surface area contributed by atoms with E-state index < -0.39 is 11.5 Å². The molecule has 1 aromatic heterocycles. The number of carbonyl (C=O) groups is 1. The molecule has 1 aliphatic carbocycles. The standard InChI is InChI=1S/C11H15N3O3/c1-7-6-8(17-2)13-10(12-7)14-11(9(15)16)4-3-5-11/h6H,3-5H2,1-2H3,(H,15,16)(H,12,13,14). The third kappa shape index (κ3) is 2.15. The number of rotatable bonds is 4. The van der Waals surface area contributed by atoms with E-state index in [1.165, 1.54) is 7.11 Å². The number of carboxylic acids is 1. The summed E-state index contributed by atoms with van der Waals surface area (Å²) in [5, 5.41) is 12.1. The highest BCUT2D eigenvalue weighted by Crippen LogP contribution is 2.35. The van der Waals surface area contributed by atoms with E-state index in [0.29, 0.717) is 24.7 Å². The summed E-state index contributed by atoms with van der Waals surface area (Å²) in [5.41, 5.74) is -0.169. The number of aryl methyl sites for hydroxylation is 1. The summed E-state index contributed by atoms with van der Waals surface area (Å²) in [6.45, 7) is 1.81. The van der Waals surface area contributed by atoms with Gasteiger partial charge in [-0.25, -0.2) is 9.78 Å². The Morgan fingerprint density at radius 1 is 1.53 bits per heavy atom. The Kier molecular flexibility index (Phi) is 2.87. The smallest absolute Gasteiger partial charge is 0.329 e. The van der Waals surface area contributed by atoms with Crippen molar-refractivity contribution in [3.8, 4) is 5.88 Å². The molecule has 0 aliphatic heterocycles. The molecule has 0 atom stereocenters. The number of ether oxygens (including phenoxy) is 1. The number of hydrogen-bond acceptors (Lipinski definition) is 5. The maximum atomic E-state index is 11.2. The minimum Gasteiger partial charge on any atom is -0.481 e. The number of carboxylic acid groups (broad SMARTS) is 1. The lowest BCUT2D eigenvalue weighted by molar-refractivity contribution is -0.145. The molecule has 6 heteroatoms. The van der Waals surface area contributed by atoms with Crippen molar-refractivity contribution >= 4 is 11.9 Å². The van der Waals surface area contributed by atoms with Crippen LogP contribution in [-0.4, -0.2) is 33.7 Å². The lowest BCUT2D eigenvalue weighted by atomic mass is 9.77. The zero-order valence-corrected chi connectivity index (χ0v) is 9.86. The van der Waals surface area contributed by atoms with Crippen molar-refractivity contribution in [2.75, 3.05) is 12.4 Å². The second-order valence-electron chi connectivity index (χ2n) is 4.24. The molecule has 0 amide bonds. The van der Waals surface area contributed by atoms with E-state index in [0.717, 1.165) is 12.1 Å². The zero-order valence-electron chi connectivity index (χ0n) is 9.86. The molecule has 17 heavy (non-hydrogen) atoms. The van der Waals surface area contributed by atoms with Gasteiger partial charge in [-0.2, -0.15) is 4.98 Å². The Morgan fingerprint density at radius 3 is 2.71 bits per heavy atom. The van der Waals surface area contributed by atoms with Crippen LogP contribution in [0.4, 0.5) is 5.95 Å². The van der Waals surface area contributed by atoms with Gasteiger partial charge in [0.05, 0.1) is 7.11 Å². The van der Waals surface area contributed by atoms with E-state index in [2.05, 4.69) is 15.3 Å². The van der Waals surface area contributed by atoms with Crippen LogP contribution in [0, 0.1) is 6.92 Å². The van der Waals surface area contributed by atoms with Crippen LogP contribution in [0.15, 0.2) is 6.07 Å². The van der Waals surface area contributed by atoms with Gasteiger partial charge in [0.25, 0.3) is 0 Å². The number of nitrogens with zero attached hydrogens (tertiary/aromatic N) is 2. The fraction of sp³-hybridized carbons (Fsp3) is 0.545. The molecule has 2 N–H and O–H groups in total. The SMILES string of the molecule is COc1cc(C)nc(NC2(C(=O)O)CCC2)n1. The van der Waals surface area contributed by atoms with E-state index in [9.17, 15) is 9.90 Å². The second-order valence-corrected chi connectivity index (χ2v) is 4.24. The third-order valence-electron chi connectivity index (χ3n) is 3.01. The fourth-order valence-electron chi connectivity index (χ4n) is 1.84. The average Bonchev–Trinajstić information content (AvgIpc) is 2.22. The van der Waals surface area contributed by atoms with Crippen LogP contribution in [0.5, 0.6) is 5.88 Å². The summed E-state index contributed by atoms with van der Waals surface area (Å²) in [6.07, 6.45) is 2.10. The van der Waals surface area contributed by atoms with Crippen LogP contribution in [0.1, 0.15) is 25.0 Å². The predicted molar refractivity (Wildman–Crippen MR) is 61.2 cm³/mol. The Morgan fingerprint density at radius 2 is 2.24 bits per heavy atom. The molecule has 1 heterocycles. The van der Waals surface area contributed by atoms with Gasteiger partial charge in [-0.05, 0) is 26.2 Å². The molecule has 92 valence electrons. The Labute approximate surface area is 99.0 Å². The van der Waals surface area contributed by atoms with Crippen molar-refractivity contribution in [2.24, 2.45) is 0 Å². The van der Waals surface area contributed by atoms with Gasteiger partial charge in [0.15, 0.2) is 0 Å². The van der Waals surface area contributed by atoms with Crippen LogP contribution < -0.4 is 10.1 Å². The van der Waals surface area contributed by atoms with E-state index in [1.807, 2.05) is 6.92 Å². The number of aromatic nitrogens is 2. The van der Waals surface area contributed by atoms with Gasteiger partial charge in [-0.15, -0.1) is 0 Å². The second kappa shape index (κ2) is 4.20. The number of hydrogen-bond donors (Lipinski definition) is 2. The molecule has 1 saturated carbocycles. The number of aliphatic carboxylic acids is 1. The van der Waals surface area contributed by atoms with Crippen molar-refractivity contribution < 1.29 is 14.6 Å². The van der Waals surface area contributed by atoms with Crippen LogP contribution >= 0.6 is 0 Å². The molecule has 1 fully saturated rings. The molecule has 0 radical (unpaired) electrons. The van der Waals surface area contributed by atoms with Gasteiger partial charge < -0.3 is 15.2 Å². The first-order chi connectivity index (χ1) is 8.05. The number of anilines is 1. The fourth-order valence-corrected chi connectivity index (χ4v) is 1.84. The summed E-state index contributed by atoms with van der Waals surface area (Å²) >= 11 is 0. The van der Waals surface area contributed by atoms with Gasteiger partial charge in [0.2, 0.25) is 11.8 Å². The number of methoxy groups -OCH3 is 1. The van der Waals surface area contributed by atoms with Gasteiger partial charge in [0.1, 0.15) is 5.54 Å². The monoisotopic (exact) mass is 237 g/mol. The maximum absolute atomic E-state index is 11.2. The van der Waals surface area contributed by atoms with Crippen molar-refractivity contribution in [3.63, 3.8) is 0 Å². The molecule has 6 nitrogen and oxygen atoms in total. The van der Waals surface area contributed by atoms with Gasteiger partial charge in [0, 0.05) is 11.8 Å². The van der Waals surface area contributed by atoms with Gasteiger partial charge in [-0.3, -0.25) is 0 Å². The molecular formula is C11H15N3O3. The van der Waals surface area contributed by atoms with E-state index in [1.54, 1.807) is 6.07 Å². The highest BCUT2D eigenvalue weighted by Gasteiger charge is 2.45. The van der Waals surface area contributed by atoms with Crippen molar-refractivity contribution in [1.29, 1.82) is 0 Å². The minimum atomic E-state index is -0.904. The summed E-state index contributed by atoms with van der Waals surface area (Å²) < 4.78 is 5.02. The number of nitrogens with one attached hydrogen (secondary N) is 1. The molecule has 0 bridgehead atoms. The van der Waals surface area contributed by atoms with Gasteiger partial charge in [-0.1, -0.05) is 0 Å². The third-order valence-corrected chi connectivity index (χ3v) is 3.01. The normalized spacial score (nSPS) is 17.1. The Balaban J connectivity index is 2.23. The van der Waals surface area contributed by atoms with E-state index in [4.69, 9.17) is 4.74 Å². The topological polar surface area (TPSA) is 84.3 Å². The summed E-state index contributed by atoms with van der Waals surface area (Å²) in [6, 6.07) is 1.69. The highest BCUT2D eigenvalue weighted by molar-refractivity contribution is 5.83. The van der Waals surface area contributed by atoms with E-state index in [-0.39, 0.29) is 0 Å². The Hall–Kier alpha value is -1.85. The Bertz CT molecular complexity index is 444. The van der Waals surface area contributed by atoms with Crippen molar-refractivity contribution in [2.45, 2.75) is 31.7 Å². The first-order valence-electron chi connectivity index (χ1n) is 5.47. The molecular weight excluding hydrogens is 222 g/mol. The molecule has 1 aromatic rings. The molecule has 1 aliphatic rings. The minimum absolute atomic E-state index is 0.309.